The summed E-state index contributed by atoms with van der Waals surface area (Å²) in [5.74, 6) is 0.686. The van der Waals surface area contributed by atoms with Gasteiger partial charge < -0.3 is 0 Å². The highest BCUT2D eigenvalue weighted by molar-refractivity contribution is 7.71. The van der Waals surface area contributed by atoms with Gasteiger partial charge in [-0.15, -0.1) is 0 Å². The molecule has 0 saturated carbocycles. The summed E-state index contributed by atoms with van der Waals surface area (Å²) >= 11 is 11.5. The van der Waals surface area contributed by atoms with Gasteiger partial charge in [0.25, 0.3) is 0 Å². The van der Waals surface area contributed by atoms with Crippen LogP contribution in [0.4, 0.5) is 0 Å². The number of aromatic amines is 1. The lowest BCUT2D eigenvalue weighted by Crippen LogP contribution is -1.98. The van der Waals surface area contributed by atoms with Crippen LogP contribution in [0.3, 0.4) is 0 Å². The van der Waals surface area contributed by atoms with Crippen LogP contribution < -0.4 is 0 Å². The predicted molar refractivity (Wildman–Crippen MR) is 77.0 cm³/mol. The Hall–Kier alpha value is -1.98. The SMILES string of the molecule is S=c1[nH]nc(-c2cccnc2)n1-c1ccccc1Cl. The van der Waals surface area contributed by atoms with Crippen LogP contribution in [0.2, 0.25) is 5.02 Å². The Balaban J connectivity index is 2.26. The van der Waals surface area contributed by atoms with Crippen molar-refractivity contribution in [2.75, 3.05) is 0 Å². The van der Waals surface area contributed by atoms with E-state index in [1.807, 2.05) is 36.4 Å². The number of halogens is 1. The number of para-hydroxylation sites is 1. The maximum atomic E-state index is 6.22. The topological polar surface area (TPSA) is 46.5 Å². The fourth-order valence-corrected chi connectivity index (χ4v) is 2.29. The van der Waals surface area contributed by atoms with Crippen LogP contribution in [0.15, 0.2) is 48.8 Å². The van der Waals surface area contributed by atoms with Gasteiger partial charge in [0.1, 0.15) is 0 Å². The molecule has 0 bridgehead atoms. The number of pyridine rings is 1. The molecule has 3 aromatic rings. The summed E-state index contributed by atoms with van der Waals surface area (Å²) in [4.78, 5) is 4.09. The molecule has 2 aromatic heterocycles. The van der Waals surface area contributed by atoms with Crippen LogP contribution >= 0.6 is 23.8 Å². The first-order valence-corrected chi connectivity index (χ1v) is 6.39. The first kappa shape index (κ1) is 12.1. The summed E-state index contributed by atoms with van der Waals surface area (Å²) in [5.41, 5.74) is 1.66. The Morgan fingerprint density at radius 1 is 1.16 bits per heavy atom. The molecule has 0 saturated heterocycles. The lowest BCUT2D eigenvalue weighted by molar-refractivity contribution is 1.03. The van der Waals surface area contributed by atoms with Crippen molar-refractivity contribution in [3.8, 4) is 17.1 Å². The quantitative estimate of drug-likeness (QED) is 0.732. The first-order valence-electron chi connectivity index (χ1n) is 5.60. The van der Waals surface area contributed by atoms with Gasteiger partial charge in [-0.1, -0.05) is 23.7 Å². The minimum atomic E-state index is 0.493. The van der Waals surface area contributed by atoms with E-state index in [1.54, 1.807) is 17.0 Å². The molecule has 1 N–H and O–H groups in total. The molecular weight excluding hydrogens is 280 g/mol. The molecule has 1 aromatic carbocycles. The summed E-state index contributed by atoms with van der Waals surface area (Å²) < 4.78 is 2.29. The van der Waals surface area contributed by atoms with Gasteiger partial charge in [-0.05, 0) is 36.5 Å². The lowest BCUT2D eigenvalue weighted by atomic mass is 10.2. The van der Waals surface area contributed by atoms with Crippen LogP contribution in [-0.2, 0) is 0 Å². The monoisotopic (exact) mass is 288 g/mol. The van der Waals surface area contributed by atoms with Crippen LogP contribution in [0, 0.1) is 4.77 Å². The van der Waals surface area contributed by atoms with Gasteiger partial charge >= 0.3 is 0 Å². The van der Waals surface area contributed by atoms with Gasteiger partial charge in [0.15, 0.2) is 10.6 Å². The molecule has 0 amide bonds. The van der Waals surface area contributed by atoms with Gasteiger partial charge in [0.2, 0.25) is 0 Å². The van der Waals surface area contributed by atoms with E-state index in [1.165, 1.54) is 0 Å². The van der Waals surface area contributed by atoms with Crippen molar-refractivity contribution in [2.45, 2.75) is 0 Å². The third-order valence-corrected chi connectivity index (χ3v) is 3.28. The zero-order chi connectivity index (χ0) is 13.2. The molecule has 0 aliphatic heterocycles. The lowest BCUT2D eigenvalue weighted by Gasteiger charge is -2.08. The molecule has 0 radical (unpaired) electrons. The maximum absolute atomic E-state index is 6.22. The fourth-order valence-electron chi connectivity index (χ4n) is 1.84. The van der Waals surface area contributed by atoms with Gasteiger partial charge in [0.05, 0.1) is 10.7 Å². The number of nitrogens with zero attached hydrogens (tertiary/aromatic N) is 3. The van der Waals surface area contributed by atoms with Crippen molar-refractivity contribution >= 4 is 23.8 Å². The average molecular weight is 289 g/mol. The molecule has 19 heavy (non-hydrogen) atoms. The average Bonchev–Trinajstić information content (AvgIpc) is 2.82. The Morgan fingerprint density at radius 2 is 2.00 bits per heavy atom. The standard InChI is InChI=1S/C13H9ClN4S/c14-10-5-1-2-6-11(10)18-12(16-17-13(18)19)9-4-3-7-15-8-9/h1-8H,(H,17,19). The predicted octanol–water partition coefficient (Wildman–Crippen LogP) is 3.65. The summed E-state index contributed by atoms with van der Waals surface area (Å²) in [7, 11) is 0. The molecule has 0 spiro atoms. The Morgan fingerprint density at radius 3 is 2.74 bits per heavy atom. The molecule has 2 heterocycles. The number of hydrogen-bond acceptors (Lipinski definition) is 3. The largest absolute Gasteiger partial charge is 0.267 e. The van der Waals surface area contributed by atoms with Crippen LogP contribution in [0.25, 0.3) is 17.1 Å². The van der Waals surface area contributed by atoms with E-state index >= 15 is 0 Å². The zero-order valence-electron chi connectivity index (χ0n) is 9.75. The van der Waals surface area contributed by atoms with Crippen molar-refractivity contribution in [1.29, 1.82) is 0 Å². The summed E-state index contributed by atoms with van der Waals surface area (Å²) in [6.07, 6.45) is 3.45. The third-order valence-electron chi connectivity index (χ3n) is 2.69. The van der Waals surface area contributed by atoms with E-state index in [0.29, 0.717) is 15.6 Å². The molecule has 94 valence electrons. The number of nitrogens with one attached hydrogen (secondary N) is 1. The highest BCUT2D eigenvalue weighted by atomic mass is 35.5. The molecule has 3 rings (SSSR count). The second kappa shape index (κ2) is 4.95. The van der Waals surface area contributed by atoms with E-state index in [4.69, 9.17) is 23.8 Å². The fraction of sp³-hybridized carbons (Fsp3) is 0. The van der Waals surface area contributed by atoms with E-state index in [0.717, 1.165) is 11.3 Å². The van der Waals surface area contributed by atoms with Crippen LogP contribution in [0.5, 0.6) is 0 Å². The van der Waals surface area contributed by atoms with Gasteiger partial charge in [0, 0.05) is 18.0 Å². The number of benzene rings is 1. The Kier molecular flexibility index (Phi) is 3.15. The molecular formula is C13H9ClN4S. The molecule has 0 aliphatic carbocycles. The molecule has 4 nitrogen and oxygen atoms in total. The number of hydrogen-bond donors (Lipinski definition) is 1. The number of aromatic nitrogens is 4. The third kappa shape index (κ3) is 2.18. The first-order chi connectivity index (χ1) is 9.27. The Bertz CT molecular complexity index is 764. The minimum absolute atomic E-state index is 0.493. The Labute approximate surface area is 119 Å². The van der Waals surface area contributed by atoms with Crippen molar-refractivity contribution in [2.24, 2.45) is 0 Å². The zero-order valence-corrected chi connectivity index (χ0v) is 11.3. The van der Waals surface area contributed by atoms with Crippen molar-refractivity contribution in [3.63, 3.8) is 0 Å². The molecule has 0 unspecified atom stereocenters. The normalized spacial score (nSPS) is 10.6. The second-order valence-corrected chi connectivity index (χ2v) is 4.67. The highest BCUT2D eigenvalue weighted by Gasteiger charge is 2.12. The van der Waals surface area contributed by atoms with Crippen molar-refractivity contribution in [3.05, 3.63) is 58.6 Å². The second-order valence-electron chi connectivity index (χ2n) is 3.88. The van der Waals surface area contributed by atoms with E-state index < -0.39 is 0 Å². The highest BCUT2D eigenvalue weighted by Crippen LogP contribution is 2.25. The van der Waals surface area contributed by atoms with E-state index in [-0.39, 0.29) is 0 Å². The molecule has 0 aliphatic rings. The van der Waals surface area contributed by atoms with E-state index in [9.17, 15) is 0 Å². The van der Waals surface area contributed by atoms with Gasteiger partial charge in [-0.2, -0.15) is 5.10 Å². The summed E-state index contributed by atoms with van der Waals surface area (Å²) in [6, 6.07) is 11.3. The molecule has 0 atom stereocenters. The minimum Gasteiger partial charge on any atom is -0.267 e. The molecule has 6 heteroatoms. The van der Waals surface area contributed by atoms with Crippen molar-refractivity contribution in [1.82, 2.24) is 19.7 Å². The van der Waals surface area contributed by atoms with Gasteiger partial charge in [-0.3, -0.25) is 14.6 Å². The van der Waals surface area contributed by atoms with Crippen molar-refractivity contribution < 1.29 is 0 Å². The van der Waals surface area contributed by atoms with Crippen LogP contribution in [-0.4, -0.2) is 19.7 Å². The smallest absolute Gasteiger partial charge is 0.200 e. The van der Waals surface area contributed by atoms with Crippen LogP contribution in [0.1, 0.15) is 0 Å². The van der Waals surface area contributed by atoms with Gasteiger partial charge in [-0.25, -0.2) is 0 Å². The number of rotatable bonds is 2. The summed E-state index contributed by atoms with van der Waals surface area (Å²) in [6.45, 7) is 0. The summed E-state index contributed by atoms with van der Waals surface area (Å²) in [5, 5.41) is 7.66. The number of H-pyrrole nitrogens is 1. The van der Waals surface area contributed by atoms with E-state index in [2.05, 4.69) is 15.2 Å². The maximum Gasteiger partial charge on any atom is 0.200 e. The molecule has 0 fully saturated rings.